The third-order valence-corrected chi connectivity index (χ3v) is 5.33. The molecular weight excluding hydrogens is 360 g/mol. The second kappa shape index (κ2) is 14.0. The molecule has 1 aromatic carbocycles. The Morgan fingerprint density at radius 3 is 2.21 bits per heavy atom. The summed E-state index contributed by atoms with van der Waals surface area (Å²) in [6.45, 7) is 8.23. The van der Waals surface area contributed by atoms with Crippen molar-refractivity contribution in [3.63, 3.8) is 0 Å². The van der Waals surface area contributed by atoms with Crippen LogP contribution in [0.3, 0.4) is 0 Å². The van der Waals surface area contributed by atoms with Crippen LogP contribution >= 0.6 is 0 Å². The topological polar surface area (TPSA) is 44.2 Å². The Morgan fingerprint density at radius 1 is 0.793 bits per heavy atom. The maximum Gasteiger partial charge on any atom is 0.232 e. The molecule has 29 heavy (non-hydrogen) atoms. The van der Waals surface area contributed by atoms with E-state index in [1.807, 2.05) is 24.3 Å². The first kappa shape index (κ1) is 23.2. The fourth-order valence-electron chi connectivity index (χ4n) is 3.15. The molecule has 0 N–H and O–H groups in total. The molecule has 2 rings (SSSR count). The molecule has 0 aliphatic rings. The van der Waals surface area contributed by atoms with E-state index >= 15 is 0 Å². The van der Waals surface area contributed by atoms with E-state index < -0.39 is 0 Å². The van der Waals surface area contributed by atoms with Crippen molar-refractivity contribution >= 4 is 0 Å². The molecule has 1 atom stereocenters. The average Bonchev–Trinajstić information content (AvgIpc) is 2.77. The van der Waals surface area contributed by atoms with Gasteiger partial charge in [-0.05, 0) is 49.4 Å². The fourth-order valence-corrected chi connectivity index (χ4v) is 3.15. The van der Waals surface area contributed by atoms with Crippen molar-refractivity contribution in [2.24, 2.45) is 5.92 Å². The fraction of sp³-hybridized carbons (Fsp3) is 0.600. The van der Waals surface area contributed by atoms with Gasteiger partial charge in [0.1, 0.15) is 5.75 Å². The Bertz CT molecular complexity index is 656. The van der Waals surface area contributed by atoms with Crippen molar-refractivity contribution in [1.82, 2.24) is 9.97 Å². The van der Waals surface area contributed by atoms with E-state index in [1.165, 1.54) is 44.9 Å². The van der Waals surface area contributed by atoms with Gasteiger partial charge in [-0.2, -0.15) is 0 Å². The Hall–Kier alpha value is -2.10. The zero-order valence-corrected chi connectivity index (χ0v) is 18.5. The highest BCUT2D eigenvalue weighted by atomic mass is 16.5. The number of nitrogens with zero attached hydrogens (tertiary/aromatic N) is 2. The van der Waals surface area contributed by atoms with Gasteiger partial charge in [0, 0.05) is 5.56 Å². The zero-order valence-electron chi connectivity index (χ0n) is 18.5. The molecule has 160 valence electrons. The quantitative estimate of drug-likeness (QED) is 0.300. The molecule has 2 aromatic rings. The molecule has 0 spiro atoms. The summed E-state index contributed by atoms with van der Waals surface area (Å²) in [4.78, 5) is 8.88. The number of rotatable bonds is 15. The summed E-state index contributed by atoms with van der Waals surface area (Å²) in [7, 11) is 0. The lowest BCUT2D eigenvalue weighted by Gasteiger charge is -2.09. The van der Waals surface area contributed by atoms with Gasteiger partial charge >= 0.3 is 0 Å². The van der Waals surface area contributed by atoms with Gasteiger partial charge in [0.25, 0.3) is 0 Å². The van der Waals surface area contributed by atoms with Crippen LogP contribution < -0.4 is 9.47 Å². The van der Waals surface area contributed by atoms with Crippen molar-refractivity contribution in [2.45, 2.75) is 78.6 Å². The van der Waals surface area contributed by atoms with E-state index in [4.69, 9.17) is 9.47 Å². The Kier molecular flexibility index (Phi) is 11.2. The van der Waals surface area contributed by atoms with E-state index in [2.05, 4.69) is 30.7 Å². The second-order valence-corrected chi connectivity index (χ2v) is 7.88. The van der Waals surface area contributed by atoms with E-state index in [9.17, 15) is 0 Å². The van der Waals surface area contributed by atoms with E-state index in [0.29, 0.717) is 12.5 Å². The summed E-state index contributed by atoms with van der Waals surface area (Å²) in [5.41, 5.74) is 1.88. The highest BCUT2D eigenvalue weighted by Crippen LogP contribution is 2.21. The van der Waals surface area contributed by atoms with Crippen LogP contribution in [0.4, 0.5) is 0 Å². The third kappa shape index (κ3) is 9.29. The number of aromatic nitrogens is 2. The van der Waals surface area contributed by atoms with Gasteiger partial charge in [-0.3, -0.25) is 0 Å². The van der Waals surface area contributed by atoms with Crippen LogP contribution in [-0.2, 0) is 0 Å². The van der Waals surface area contributed by atoms with Crippen LogP contribution in [0.25, 0.3) is 11.3 Å². The van der Waals surface area contributed by atoms with Gasteiger partial charge in [0.15, 0.2) is 0 Å². The average molecular weight is 399 g/mol. The minimum Gasteiger partial charge on any atom is -0.494 e. The van der Waals surface area contributed by atoms with Crippen molar-refractivity contribution in [3.8, 4) is 22.9 Å². The first-order valence-electron chi connectivity index (χ1n) is 11.4. The SMILES string of the molecule is CCCCCCCCOc1ccc(-c2cnc(OCCCC(C)CC)cn2)cc1. The molecule has 0 saturated carbocycles. The highest BCUT2D eigenvalue weighted by molar-refractivity contribution is 5.59. The van der Waals surface area contributed by atoms with Crippen molar-refractivity contribution in [1.29, 1.82) is 0 Å². The first-order chi connectivity index (χ1) is 14.2. The van der Waals surface area contributed by atoms with Crippen LogP contribution in [0.5, 0.6) is 11.6 Å². The van der Waals surface area contributed by atoms with E-state index in [1.54, 1.807) is 12.4 Å². The number of ether oxygens (including phenoxy) is 2. The van der Waals surface area contributed by atoms with E-state index in [0.717, 1.165) is 42.4 Å². The molecular formula is C25H38N2O2. The van der Waals surface area contributed by atoms with Crippen molar-refractivity contribution in [2.75, 3.05) is 13.2 Å². The third-order valence-electron chi connectivity index (χ3n) is 5.33. The summed E-state index contributed by atoms with van der Waals surface area (Å²) < 4.78 is 11.5. The van der Waals surface area contributed by atoms with Gasteiger partial charge in [-0.25, -0.2) is 9.97 Å². The van der Waals surface area contributed by atoms with Crippen LogP contribution in [0.2, 0.25) is 0 Å². The largest absolute Gasteiger partial charge is 0.494 e. The smallest absolute Gasteiger partial charge is 0.232 e. The minimum absolute atomic E-state index is 0.594. The Balaban J connectivity index is 1.70. The standard InChI is InChI=1S/C25H38N2O2/c1-4-6-7-8-9-10-17-28-23-15-13-22(14-16-23)24-19-27-25(20-26-24)29-18-11-12-21(3)5-2/h13-16,19-21H,4-12,17-18H2,1-3H3. The van der Waals surface area contributed by atoms with Gasteiger partial charge in [0.05, 0.1) is 31.3 Å². The van der Waals surface area contributed by atoms with Gasteiger partial charge < -0.3 is 9.47 Å². The maximum atomic E-state index is 5.85. The van der Waals surface area contributed by atoms with E-state index in [-0.39, 0.29) is 0 Å². The molecule has 0 saturated heterocycles. The molecule has 4 heteroatoms. The van der Waals surface area contributed by atoms with Crippen LogP contribution in [-0.4, -0.2) is 23.2 Å². The summed E-state index contributed by atoms with van der Waals surface area (Å²) in [6.07, 6.45) is 14.6. The van der Waals surface area contributed by atoms with Crippen LogP contribution in [0.15, 0.2) is 36.7 Å². The van der Waals surface area contributed by atoms with Crippen molar-refractivity contribution < 1.29 is 9.47 Å². The normalized spacial score (nSPS) is 12.0. The monoisotopic (exact) mass is 398 g/mol. The number of unbranched alkanes of at least 4 members (excludes halogenated alkanes) is 5. The summed E-state index contributed by atoms with van der Waals surface area (Å²) >= 11 is 0. The summed E-state index contributed by atoms with van der Waals surface area (Å²) in [5, 5.41) is 0. The molecule has 0 radical (unpaired) electrons. The zero-order chi connectivity index (χ0) is 20.7. The molecule has 4 nitrogen and oxygen atoms in total. The summed E-state index contributed by atoms with van der Waals surface area (Å²) in [5.74, 6) is 2.26. The Labute approximate surface area is 177 Å². The minimum atomic E-state index is 0.594. The van der Waals surface area contributed by atoms with Crippen LogP contribution in [0.1, 0.15) is 78.6 Å². The molecule has 0 fully saturated rings. The van der Waals surface area contributed by atoms with Crippen molar-refractivity contribution in [3.05, 3.63) is 36.7 Å². The molecule has 1 unspecified atom stereocenters. The molecule has 0 bridgehead atoms. The molecule has 0 aliphatic heterocycles. The predicted molar refractivity (Wildman–Crippen MR) is 121 cm³/mol. The number of hydrogen-bond donors (Lipinski definition) is 0. The van der Waals surface area contributed by atoms with Gasteiger partial charge in [-0.1, -0.05) is 59.3 Å². The lowest BCUT2D eigenvalue weighted by molar-refractivity contribution is 0.283. The number of hydrogen-bond acceptors (Lipinski definition) is 4. The lowest BCUT2D eigenvalue weighted by Crippen LogP contribution is -2.02. The van der Waals surface area contributed by atoms with Gasteiger partial charge in [-0.15, -0.1) is 0 Å². The molecule has 1 heterocycles. The maximum absolute atomic E-state index is 5.85. The van der Waals surface area contributed by atoms with Gasteiger partial charge in [0.2, 0.25) is 5.88 Å². The number of benzene rings is 1. The summed E-state index contributed by atoms with van der Waals surface area (Å²) in [6, 6.07) is 8.08. The molecule has 0 aliphatic carbocycles. The first-order valence-corrected chi connectivity index (χ1v) is 11.4. The highest BCUT2D eigenvalue weighted by Gasteiger charge is 2.04. The Morgan fingerprint density at radius 2 is 1.52 bits per heavy atom. The molecule has 1 aromatic heterocycles. The van der Waals surface area contributed by atoms with Crippen LogP contribution in [0, 0.1) is 5.92 Å². The lowest BCUT2D eigenvalue weighted by atomic mass is 10.0. The predicted octanol–water partition coefficient (Wildman–Crippen LogP) is 7.09. The molecule has 0 amide bonds. The second-order valence-electron chi connectivity index (χ2n) is 7.88.